The molecule has 0 fully saturated rings. The number of urea groups is 1. The van der Waals surface area contributed by atoms with Crippen molar-refractivity contribution in [3.8, 4) is 0 Å². The van der Waals surface area contributed by atoms with E-state index in [4.69, 9.17) is 14.8 Å². The van der Waals surface area contributed by atoms with Gasteiger partial charge in [0.05, 0.1) is 0 Å². The second-order valence-electron chi connectivity index (χ2n) is 0.595. The zero-order valence-corrected chi connectivity index (χ0v) is 6.28. The molecule has 2 amide bonds. The highest BCUT2D eigenvalue weighted by molar-refractivity contribution is 5.69. The molecule has 0 bridgehead atoms. The molecule has 0 radical (unpaired) electrons. The maximum Gasteiger partial charge on any atom is 1.00 e. The summed E-state index contributed by atoms with van der Waals surface area (Å²) in [6.07, 6.45) is 0. The number of primary amides is 2. The van der Waals surface area contributed by atoms with E-state index in [1.807, 2.05) is 0 Å². The van der Waals surface area contributed by atoms with E-state index in [1.165, 1.54) is 0 Å². The molecule has 15 heavy (non-hydrogen) atoms. The molecule has 0 saturated heterocycles. The van der Waals surface area contributed by atoms with Crippen LogP contribution in [0.3, 0.4) is 0 Å². The summed E-state index contributed by atoms with van der Waals surface area (Å²) in [6.45, 7) is -0.181. The standard InChI is InChI=1S/CH4N2O.CH2O3.3CH4.2H3N.2H2O/c2-1(3)4;2-1-4-3;;;;;;;/h(H4,2,3,4);1,3H;3*1H4;2*1H3;2*1H2/p+1. The van der Waals surface area contributed by atoms with E-state index >= 15 is 0 Å². The lowest BCUT2D eigenvalue weighted by Gasteiger charge is -1.88. The molecule has 0 aromatic rings. The minimum atomic E-state index is -0.833. The van der Waals surface area contributed by atoms with Crippen LogP contribution in [0, 0.1) is 0 Å². The number of nitrogens with two attached hydrogens (primary N) is 2. The summed E-state index contributed by atoms with van der Waals surface area (Å²) in [5.74, 6) is 0. The van der Waals surface area contributed by atoms with Crippen molar-refractivity contribution in [2.24, 2.45) is 11.5 Å². The zero-order chi connectivity index (χ0) is 6.99. The third-order valence-corrected chi connectivity index (χ3v) is 0.0393. The van der Waals surface area contributed by atoms with Gasteiger partial charge in [-0.1, -0.05) is 22.3 Å². The second-order valence-corrected chi connectivity index (χ2v) is 0.595. The van der Waals surface area contributed by atoms with Crippen LogP contribution in [0.2, 0.25) is 0 Å². The Morgan fingerprint density at radius 2 is 1.20 bits per heavy atom. The van der Waals surface area contributed by atoms with Crippen LogP contribution in [0.1, 0.15) is 25.1 Å². The zero-order valence-electron chi connectivity index (χ0n) is 8.28. The fourth-order valence-electron chi connectivity index (χ4n) is 0. The topological polar surface area (TPSA) is 251 Å². The van der Waals surface area contributed by atoms with Crippen molar-refractivity contribution < 1.29 is 33.5 Å². The molecule has 14 N–H and O–H groups in total. The molecule has 104 valence electrons. The molecule has 0 aliphatic rings. The first-order valence-corrected chi connectivity index (χ1v) is 1.42. The van der Waals surface area contributed by atoms with E-state index < -0.39 is 6.03 Å². The molecular weight excluding hydrogens is 212 g/mol. The lowest BCUT2D eigenvalue weighted by atomic mass is 11.2. The third kappa shape index (κ3) is 6580. The summed E-state index contributed by atoms with van der Waals surface area (Å²) in [5.41, 5.74) is 8.50. The van der Waals surface area contributed by atoms with Crippen LogP contribution in [0.4, 0.5) is 4.79 Å². The summed E-state index contributed by atoms with van der Waals surface area (Å²) in [4.78, 5) is 20.2. The van der Waals surface area contributed by atoms with Gasteiger partial charge in [0.1, 0.15) is 0 Å². The number of carbonyl (C=O) groups excluding carboxylic acids is 2. The van der Waals surface area contributed by atoms with E-state index in [0.717, 1.165) is 0 Å². The molecule has 0 heterocycles. The van der Waals surface area contributed by atoms with Crippen LogP contribution in [0.5, 0.6) is 0 Å². The Morgan fingerprint density at radius 1 is 1.13 bits per heavy atom. The first-order chi connectivity index (χ1) is 3.65. The Bertz CT molecular complexity index is 88.8. The number of carbonyl (C=O) groups is 2. The van der Waals surface area contributed by atoms with Crippen molar-refractivity contribution in [3.05, 3.63) is 0 Å². The predicted octanol–water partition coefficient (Wildman–Crippen LogP) is -1.73. The number of amides is 2. The maximum absolute atomic E-state index is 9.00. The minimum Gasteiger partial charge on any atom is -0.662 e. The molecule has 0 atom stereocenters. The van der Waals surface area contributed by atoms with Gasteiger partial charge in [-0.2, -0.15) is 0 Å². The van der Waals surface area contributed by atoms with Gasteiger partial charge >= 0.3 is 8.88 Å². The van der Waals surface area contributed by atoms with Crippen molar-refractivity contribution in [2.45, 2.75) is 22.3 Å². The quantitative estimate of drug-likeness (QED) is 0.235. The van der Waals surface area contributed by atoms with Crippen molar-refractivity contribution in [3.63, 3.8) is 0 Å². The lowest BCUT2D eigenvalue weighted by molar-refractivity contribution is -0.652. The van der Waals surface area contributed by atoms with Crippen LogP contribution in [0.25, 0.3) is 0 Å². The molecule has 0 aromatic heterocycles. The van der Waals surface area contributed by atoms with Crippen LogP contribution in [-0.4, -0.2) is 23.5 Å². The second kappa shape index (κ2) is 133. The van der Waals surface area contributed by atoms with Crippen molar-refractivity contribution >= 4 is 12.5 Å². The van der Waals surface area contributed by atoms with Gasteiger partial charge < -0.3 is 44.9 Å². The molecule has 0 rings (SSSR count). The van der Waals surface area contributed by atoms with Crippen LogP contribution in [0.15, 0.2) is 0 Å². The summed E-state index contributed by atoms with van der Waals surface area (Å²) < 4.78 is 0. The van der Waals surface area contributed by atoms with Crippen LogP contribution < -0.4 is 29.0 Å². The lowest BCUT2D eigenvalue weighted by Crippen LogP contribution is -2.18. The minimum absolute atomic E-state index is 0. The Hall–Kier alpha value is -1.46. The fourth-order valence-corrected chi connectivity index (χ4v) is 0. The Balaban J connectivity index is -0.00000000308. The van der Waals surface area contributed by atoms with Gasteiger partial charge in [-0.15, -0.1) is 0 Å². The average molecular weight is 241 g/mol. The summed E-state index contributed by atoms with van der Waals surface area (Å²) >= 11 is 0. The highest BCUT2D eigenvalue weighted by atomic mass is 17.1. The SMILES string of the molecule is C.C.C.N.N.NC(N)=O.O.O.O=CO[O-].[H+].[H+]. The first-order valence-electron chi connectivity index (χ1n) is 1.42. The predicted molar refractivity (Wildman–Crippen MR) is 60.6 cm³/mol. The number of hydrogen-bond acceptors (Lipinski definition) is 6. The molecule has 0 aromatic carbocycles. The maximum atomic E-state index is 9.00. The summed E-state index contributed by atoms with van der Waals surface area (Å²) in [5, 5.41) is 8.43. The van der Waals surface area contributed by atoms with E-state index in [1.54, 1.807) is 0 Å². The molecule has 0 aliphatic carbocycles. The van der Waals surface area contributed by atoms with E-state index in [2.05, 4.69) is 16.4 Å². The van der Waals surface area contributed by atoms with Gasteiger partial charge in [0.15, 0.2) is 0 Å². The molecule has 10 nitrogen and oxygen atoms in total. The van der Waals surface area contributed by atoms with Crippen LogP contribution in [-0.2, 0) is 9.68 Å². The Morgan fingerprint density at radius 3 is 1.20 bits per heavy atom. The Kier molecular flexibility index (Phi) is 918. The van der Waals surface area contributed by atoms with Gasteiger partial charge in [-0.25, -0.2) is 4.79 Å². The Labute approximate surface area is 93.3 Å². The molecule has 10 heteroatoms. The van der Waals surface area contributed by atoms with Gasteiger partial charge in [-0.05, 0) is 0 Å². The van der Waals surface area contributed by atoms with Crippen molar-refractivity contribution in [1.82, 2.24) is 12.3 Å². The highest BCUT2D eigenvalue weighted by Crippen LogP contribution is 1.25. The molecule has 0 aliphatic heterocycles. The van der Waals surface area contributed by atoms with Crippen molar-refractivity contribution in [1.29, 1.82) is 0 Å². The largest absolute Gasteiger partial charge is 1.00 e. The highest BCUT2D eigenvalue weighted by Gasteiger charge is 1.60. The van der Waals surface area contributed by atoms with E-state index in [9.17, 15) is 0 Å². The molecule has 0 unspecified atom stereocenters. The van der Waals surface area contributed by atoms with E-state index in [-0.39, 0.29) is 54.9 Å². The van der Waals surface area contributed by atoms with Gasteiger partial charge in [0, 0.05) is 0 Å². The van der Waals surface area contributed by atoms with E-state index in [0.29, 0.717) is 0 Å². The smallest absolute Gasteiger partial charge is 0.662 e. The third-order valence-electron chi connectivity index (χ3n) is 0.0393. The molecule has 0 saturated carbocycles. The first kappa shape index (κ1) is 103. The fraction of sp³-hybridized carbons (Fsp3) is 0.600. The summed E-state index contributed by atoms with van der Waals surface area (Å²) in [7, 11) is 0. The van der Waals surface area contributed by atoms with Gasteiger partial charge in [0.25, 0.3) is 6.47 Å². The molecular formula is C5H29N4O6+. The van der Waals surface area contributed by atoms with Crippen molar-refractivity contribution in [2.75, 3.05) is 0 Å². The number of hydrogen-bond donors (Lipinski definition) is 4. The monoisotopic (exact) mass is 241 g/mol. The molecule has 0 spiro atoms. The summed E-state index contributed by atoms with van der Waals surface area (Å²) in [6, 6.07) is -0.833. The average Bonchev–Trinajstić information content (AvgIpc) is 1.65. The van der Waals surface area contributed by atoms with Gasteiger partial charge in [0.2, 0.25) is 0 Å². The number of rotatable bonds is 1. The normalized spacial score (nSPS) is 3.00. The van der Waals surface area contributed by atoms with Crippen LogP contribution >= 0.6 is 0 Å². The van der Waals surface area contributed by atoms with Gasteiger partial charge in [-0.3, -0.25) is 4.79 Å².